The Hall–Kier alpha value is -1.39. The van der Waals surface area contributed by atoms with Gasteiger partial charge in [0.2, 0.25) is 5.91 Å². The van der Waals surface area contributed by atoms with Crippen molar-refractivity contribution in [3.8, 4) is 0 Å². The second-order valence-corrected chi connectivity index (χ2v) is 5.91. The van der Waals surface area contributed by atoms with Crippen LogP contribution in [0.5, 0.6) is 0 Å². The molecule has 2 atom stereocenters. The topological polar surface area (TPSA) is 44.4 Å². The maximum absolute atomic E-state index is 12.3. The maximum Gasteiger partial charge on any atom is 0.237 e. The third-order valence-corrected chi connectivity index (χ3v) is 3.80. The molecule has 0 fully saturated rings. The van der Waals surface area contributed by atoms with Gasteiger partial charge in [0.1, 0.15) is 0 Å². The smallest absolute Gasteiger partial charge is 0.237 e. The maximum atomic E-state index is 12.3. The number of carbonyl (C=O) groups excluding carboxylic acids is 1. The second-order valence-electron chi connectivity index (χ2n) is 5.91. The van der Waals surface area contributed by atoms with Crippen molar-refractivity contribution in [2.45, 2.75) is 38.4 Å². The van der Waals surface area contributed by atoms with Gasteiger partial charge in [-0.3, -0.25) is 4.79 Å². The lowest BCUT2D eigenvalue weighted by Crippen LogP contribution is -2.50. The van der Waals surface area contributed by atoms with E-state index in [9.17, 15) is 4.79 Å². The molecule has 0 saturated carbocycles. The molecule has 4 nitrogen and oxygen atoms in total. The van der Waals surface area contributed by atoms with Gasteiger partial charge in [0.05, 0.1) is 6.04 Å². The number of nitrogens with zero attached hydrogens (tertiary/aromatic N) is 1. The van der Waals surface area contributed by atoms with E-state index in [0.29, 0.717) is 0 Å². The van der Waals surface area contributed by atoms with Crippen molar-refractivity contribution in [2.24, 2.45) is 0 Å². The predicted molar refractivity (Wildman–Crippen MR) is 81.5 cm³/mol. The molecule has 1 aromatic carbocycles. The number of fused-ring (bicyclic) bond motifs is 1. The Labute approximate surface area is 121 Å². The lowest BCUT2D eigenvalue weighted by Gasteiger charge is -2.27. The zero-order valence-electron chi connectivity index (χ0n) is 12.6. The fraction of sp³-hybridized carbons (Fsp3) is 0.562. The van der Waals surface area contributed by atoms with Crippen LogP contribution < -0.4 is 10.6 Å². The summed E-state index contributed by atoms with van der Waals surface area (Å²) in [6.07, 6.45) is 1.75. The zero-order valence-corrected chi connectivity index (χ0v) is 12.6. The fourth-order valence-electron chi connectivity index (χ4n) is 2.51. The molecule has 20 heavy (non-hydrogen) atoms. The number of rotatable bonds is 5. The molecule has 0 spiro atoms. The van der Waals surface area contributed by atoms with Crippen molar-refractivity contribution in [2.75, 3.05) is 20.6 Å². The van der Waals surface area contributed by atoms with E-state index in [1.807, 2.05) is 26.2 Å². The number of hydrogen-bond donors (Lipinski definition) is 2. The molecule has 0 saturated heterocycles. The molecular formula is C16H25N3O. The van der Waals surface area contributed by atoms with E-state index in [-0.39, 0.29) is 18.0 Å². The van der Waals surface area contributed by atoms with Crippen LogP contribution in [0.2, 0.25) is 0 Å². The summed E-state index contributed by atoms with van der Waals surface area (Å²) in [4.78, 5) is 14.4. The molecule has 0 radical (unpaired) electrons. The minimum atomic E-state index is -0.105. The van der Waals surface area contributed by atoms with Gasteiger partial charge < -0.3 is 15.5 Å². The first kappa shape index (κ1) is 15.0. The molecule has 1 heterocycles. The van der Waals surface area contributed by atoms with Gasteiger partial charge in [-0.25, -0.2) is 0 Å². The summed E-state index contributed by atoms with van der Waals surface area (Å²) in [5, 5.41) is 6.43. The summed E-state index contributed by atoms with van der Waals surface area (Å²) in [6.45, 7) is 3.83. The van der Waals surface area contributed by atoms with E-state index >= 15 is 0 Å². The lowest BCUT2D eigenvalue weighted by molar-refractivity contribution is -0.124. The molecule has 110 valence electrons. The molecule has 1 aromatic rings. The van der Waals surface area contributed by atoms with Crippen LogP contribution in [-0.2, 0) is 17.8 Å². The van der Waals surface area contributed by atoms with E-state index in [4.69, 9.17) is 0 Å². The molecule has 0 aliphatic carbocycles. The van der Waals surface area contributed by atoms with Crippen molar-refractivity contribution in [3.63, 3.8) is 0 Å². The third kappa shape index (κ3) is 4.05. The van der Waals surface area contributed by atoms with E-state index in [0.717, 1.165) is 25.9 Å². The minimum Gasteiger partial charge on any atom is -0.352 e. The van der Waals surface area contributed by atoms with Crippen LogP contribution in [-0.4, -0.2) is 43.5 Å². The minimum absolute atomic E-state index is 0.105. The van der Waals surface area contributed by atoms with Gasteiger partial charge in [0.25, 0.3) is 0 Å². The molecule has 2 unspecified atom stereocenters. The highest BCUT2D eigenvalue weighted by atomic mass is 16.2. The highest BCUT2D eigenvalue weighted by Crippen LogP contribution is 2.16. The number of carbonyl (C=O) groups is 1. The largest absolute Gasteiger partial charge is 0.352 e. The number of hydrogen-bond acceptors (Lipinski definition) is 3. The summed E-state index contributed by atoms with van der Waals surface area (Å²) in [5.41, 5.74) is 2.59. The molecule has 4 heteroatoms. The number of nitrogens with one attached hydrogen (secondary N) is 2. The van der Waals surface area contributed by atoms with E-state index < -0.39 is 0 Å². The van der Waals surface area contributed by atoms with Crippen LogP contribution in [0.1, 0.15) is 24.5 Å². The van der Waals surface area contributed by atoms with Gasteiger partial charge in [-0.15, -0.1) is 0 Å². The molecule has 2 rings (SSSR count). The quantitative estimate of drug-likeness (QED) is 0.847. The lowest BCUT2D eigenvalue weighted by atomic mass is 9.95. The second kappa shape index (κ2) is 6.86. The molecule has 1 aliphatic heterocycles. The predicted octanol–water partition coefficient (Wildman–Crippen LogP) is 1.16. The molecule has 0 bridgehead atoms. The Bertz CT molecular complexity index is 459. The average molecular weight is 275 g/mol. The SMILES string of the molecule is CC(CCN(C)C)NC(=O)C1Cc2ccccc2CN1. The highest BCUT2D eigenvalue weighted by Gasteiger charge is 2.24. The Morgan fingerprint density at radius 2 is 2.10 bits per heavy atom. The standard InChI is InChI=1S/C16H25N3O/c1-12(8-9-19(2)3)18-16(20)15-10-13-6-4-5-7-14(13)11-17-15/h4-7,12,15,17H,8-11H2,1-3H3,(H,18,20). The van der Waals surface area contributed by atoms with Crippen LogP contribution in [0.15, 0.2) is 24.3 Å². The summed E-state index contributed by atoms with van der Waals surface area (Å²) >= 11 is 0. The molecule has 1 amide bonds. The van der Waals surface area contributed by atoms with Crippen LogP contribution in [0, 0.1) is 0 Å². The van der Waals surface area contributed by atoms with Crippen molar-refractivity contribution in [1.29, 1.82) is 0 Å². The molecular weight excluding hydrogens is 250 g/mol. The summed E-state index contributed by atoms with van der Waals surface area (Å²) < 4.78 is 0. The fourth-order valence-corrected chi connectivity index (χ4v) is 2.51. The van der Waals surface area contributed by atoms with Crippen molar-refractivity contribution in [1.82, 2.24) is 15.5 Å². The molecule has 1 aliphatic rings. The van der Waals surface area contributed by atoms with Gasteiger partial charge >= 0.3 is 0 Å². The first-order chi connectivity index (χ1) is 9.56. The van der Waals surface area contributed by atoms with Crippen molar-refractivity contribution >= 4 is 5.91 Å². The zero-order chi connectivity index (χ0) is 14.5. The van der Waals surface area contributed by atoms with Gasteiger partial charge in [-0.05, 0) is 51.5 Å². The average Bonchev–Trinajstić information content (AvgIpc) is 2.44. The highest BCUT2D eigenvalue weighted by molar-refractivity contribution is 5.82. The summed E-state index contributed by atoms with van der Waals surface area (Å²) in [6, 6.07) is 8.43. The monoisotopic (exact) mass is 275 g/mol. The number of benzene rings is 1. The van der Waals surface area contributed by atoms with Crippen LogP contribution in [0.3, 0.4) is 0 Å². The van der Waals surface area contributed by atoms with Crippen molar-refractivity contribution < 1.29 is 4.79 Å². The van der Waals surface area contributed by atoms with Crippen LogP contribution in [0.25, 0.3) is 0 Å². The van der Waals surface area contributed by atoms with E-state index in [1.165, 1.54) is 11.1 Å². The van der Waals surface area contributed by atoms with Gasteiger partial charge in [0.15, 0.2) is 0 Å². The Balaban J connectivity index is 1.85. The van der Waals surface area contributed by atoms with Gasteiger partial charge in [-0.1, -0.05) is 24.3 Å². The summed E-state index contributed by atoms with van der Waals surface area (Å²) in [5.74, 6) is 0.116. The first-order valence-electron chi connectivity index (χ1n) is 7.31. The van der Waals surface area contributed by atoms with Gasteiger partial charge in [-0.2, -0.15) is 0 Å². The Morgan fingerprint density at radius 1 is 1.40 bits per heavy atom. The Kier molecular flexibility index (Phi) is 5.15. The Morgan fingerprint density at radius 3 is 2.80 bits per heavy atom. The summed E-state index contributed by atoms with van der Waals surface area (Å²) in [7, 11) is 4.10. The van der Waals surface area contributed by atoms with Crippen LogP contribution in [0.4, 0.5) is 0 Å². The number of amides is 1. The van der Waals surface area contributed by atoms with Crippen molar-refractivity contribution in [3.05, 3.63) is 35.4 Å². The third-order valence-electron chi connectivity index (χ3n) is 3.80. The van der Waals surface area contributed by atoms with E-state index in [1.54, 1.807) is 0 Å². The normalized spacial score (nSPS) is 19.5. The molecule has 0 aromatic heterocycles. The first-order valence-corrected chi connectivity index (χ1v) is 7.31. The van der Waals surface area contributed by atoms with E-state index in [2.05, 4.69) is 34.6 Å². The molecule has 2 N–H and O–H groups in total. The van der Waals surface area contributed by atoms with Crippen LogP contribution >= 0.6 is 0 Å². The van der Waals surface area contributed by atoms with Gasteiger partial charge in [0, 0.05) is 12.6 Å².